The number of ether oxygens (including phenoxy) is 1. The Bertz CT molecular complexity index is 1600. The highest BCUT2D eigenvalue weighted by molar-refractivity contribution is 7.95. The molecule has 7 nitrogen and oxygen atoms in total. The van der Waals surface area contributed by atoms with E-state index in [0.29, 0.717) is 16.4 Å². The van der Waals surface area contributed by atoms with Gasteiger partial charge in [-0.3, -0.25) is 9.20 Å². The first-order valence-electron chi connectivity index (χ1n) is 9.68. The van der Waals surface area contributed by atoms with Crippen molar-refractivity contribution in [2.45, 2.75) is 11.8 Å². The molecule has 0 fully saturated rings. The number of para-hydroxylation sites is 1. The van der Waals surface area contributed by atoms with Crippen molar-refractivity contribution >= 4 is 33.2 Å². The molecule has 4 rings (SSSR count). The second-order valence-corrected chi connectivity index (χ2v) is 9.36. The van der Waals surface area contributed by atoms with E-state index in [1.54, 1.807) is 36.4 Å². The Labute approximate surface area is 194 Å². The number of hydrogen-bond donors (Lipinski definition) is 0. The van der Waals surface area contributed by atoms with E-state index in [1.165, 1.54) is 34.9 Å². The fourth-order valence-corrected chi connectivity index (χ4v) is 4.37. The van der Waals surface area contributed by atoms with Gasteiger partial charge >= 0.3 is 0 Å². The molecule has 0 saturated carbocycles. The summed E-state index contributed by atoms with van der Waals surface area (Å²) in [4.78, 5) is 16.9. The maximum absolute atomic E-state index is 13.3. The number of pyridine rings is 1. The van der Waals surface area contributed by atoms with E-state index in [1.807, 2.05) is 19.1 Å². The van der Waals surface area contributed by atoms with Gasteiger partial charge in [-0.1, -0.05) is 35.9 Å². The SMILES string of the molecule is Cc1ccccc1Oc1nc2ccccn2c(=O)c1C=C(C#N)S(=O)(=O)c1ccc(Cl)cc1. The summed E-state index contributed by atoms with van der Waals surface area (Å²) in [5.41, 5.74) is 0.346. The van der Waals surface area contributed by atoms with Gasteiger partial charge in [0, 0.05) is 11.2 Å². The quantitative estimate of drug-likeness (QED) is 0.383. The zero-order chi connectivity index (χ0) is 23.6. The first kappa shape index (κ1) is 22.3. The van der Waals surface area contributed by atoms with Crippen molar-refractivity contribution in [1.82, 2.24) is 9.38 Å². The van der Waals surface area contributed by atoms with Gasteiger partial charge in [0.2, 0.25) is 15.7 Å². The van der Waals surface area contributed by atoms with Crippen LogP contribution in [0.25, 0.3) is 11.7 Å². The summed E-state index contributed by atoms with van der Waals surface area (Å²) in [5.74, 6) is 0.331. The van der Waals surface area contributed by atoms with Crippen LogP contribution in [0.15, 0.2) is 87.5 Å². The van der Waals surface area contributed by atoms with Crippen molar-refractivity contribution in [1.29, 1.82) is 5.26 Å². The van der Waals surface area contributed by atoms with Gasteiger partial charge in [0.05, 0.1) is 4.90 Å². The predicted octanol–water partition coefficient (Wildman–Crippen LogP) is 4.79. The average Bonchev–Trinajstić information content (AvgIpc) is 2.80. The number of aryl methyl sites for hydroxylation is 1. The van der Waals surface area contributed by atoms with Gasteiger partial charge in [-0.2, -0.15) is 10.2 Å². The van der Waals surface area contributed by atoms with Gasteiger partial charge in [0.25, 0.3) is 5.56 Å². The van der Waals surface area contributed by atoms with Crippen LogP contribution in [0.1, 0.15) is 11.1 Å². The first-order valence-corrected chi connectivity index (χ1v) is 11.5. The number of benzene rings is 2. The molecule has 0 aliphatic carbocycles. The van der Waals surface area contributed by atoms with Crippen molar-refractivity contribution in [2.75, 3.05) is 0 Å². The molecule has 0 spiro atoms. The second-order valence-electron chi connectivity index (χ2n) is 7.01. The summed E-state index contributed by atoms with van der Waals surface area (Å²) in [7, 11) is -4.22. The number of hydrogen-bond acceptors (Lipinski definition) is 6. The van der Waals surface area contributed by atoms with Gasteiger partial charge in [-0.25, -0.2) is 8.42 Å². The van der Waals surface area contributed by atoms with Crippen LogP contribution in [0.3, 0.4) is 0 Å². The van der Waals surface area contributed by atoms with Gasteiger partial charge in [0.1, 0.15) is 27.9 Å². The van der Waals surface area contributed by atoms with Gasteiger partial charge < -0.3 is 4.74 Å². The van der Waals surface area contributed by atoms with Gasteiger partial charge in [-0.05, 0) is 61.0 Å². The van der Waals surface area contributed by atoms with Crippen molar-refractivity contribution < 1.29 is 13.2 Å². The minimum absolute atomic E-state index is 0.112. The van der Waals surface area contributed by atoms with E-state index in [-0.39, 0.29) is 16.3 Å². The van der Waals surface area contributed by atoms with Crippen LogP contribution in [-0.2, 0) is 9.84 Å². The molecule has 2 heterocycles. The van der Waals surface area contributed by atoms with Crippen LogP contribution < -0.4 is 10.3 Å². The Balaban J connectivity index is 1.95. The molecule has 0 unspecified atom stereocenters. The minimum atomic E-state index is -4.22. The molecule has 0 aliphatic heterocycles. The lowest BCUT2D eigenvalue weighted by Gasteiger charge is -2.12. The Kier molecular flexibility index (Phi) is 6.01. The van der Waals surface area contributed by atoms with E-state index in [2.05, 4.69) is 4.98 Å². The number of fused-ring (bicyclic) bond motifs is 1. The lowest BCUT2D eigenvalue weighted by molar-refractivity contribution is 0.457. The highest BCUT2D eigenvalue weighted by Crippen LogP contribution is 2.28. The van der Waals surface area contributed by atoms with E-state index in [0.717, 1.165) is 11.6 Å². The molecular weight excluding hydrogens is 462 g/mol. The summed E-state index contributed by atoms with van der Waals surface area (Å²) in [6.45, 7) is 1.82. The zero-order valence-corrected chi connectivity index (χ0v) is 18.8. The lowest BCUT2D eigenvalue weighted by Crippen LogP contribution is -2.19. The van der Waals surface area contributed by atoms with Crippen molar-refractivity contribution in [3.63, 3.8) is 0 Å². The average molecular weight is 478 g/mol. The van der Waals surface area contributed by atoms with Crippen molar-refractivity contribution in [2.24, 2.45) is 0 Å². The standard InChI is InChI=1S/C24H16ClN3O4S/c1-16-6-2-3-7-21(16)32-23-20(24(29)28-13-5-4-8-22(28)27-23)14-19(15-26)33(30,31)18-11-9-17(25)10-12-18/h2-14H,1H3. The molecule has 0 N–H and O–H groups in total. The second kappa shape index (κ2) is 8.90. The molecule has 0 atom stereocenters. The Morgan fingerprint density at radius 2 is 1.79 bits per heavy atom. The molecule has 2 aromatic heterocycles. The maximum atomic E-state index is 13.3. The van der Waals surface area contributed by atoms with E-state index >= 15 is 0 Å². The first-order chi connectivity index (χ1) is 15.8. The monoisotopic (exact) mass is 477 g/mol. The smallest absolute Gasteiger partial charge is 0.269 e. The van der Waals surface area contributed by atoms with E-state index < -0.39 is 20.3 Å². The third-order valence-corrected chi connectivity index (χ3v) is 6.77. The molecule has 0 bridgehead atoms. The molecule has 0 aliphatic rings. The molecule has 0 radical (unpaired) electrons. The molecule has 2 aromatic carbocycles. The maximum Gasteiger partial charge on any atom is 0.269 e. The molecule has 9 heteroatoms. The number of nitriles is 1. The topological polar surface area (TPSA) is 102 Å². The summed E-state index contributed by atoms with van der Waals surface area (Å²) in [6.07, 6.45) is 2.49. The fourth-order valence-electron chi connectivity index (χ4n) is 3.10. The summed E-state index contributed by atoms with van der Waals surface area (Å²) >= 11 is 5.85. The third-order valence-electron chi connectivity index (χ3n) is 4.83. The van der Waals surface area contributed by atoms with Gasteiger partial charge in [-0.15, -0.1) is 0 Å². The lowest BCUT2D eigenvalue weighted by atomic mass is 10.2. The summed E-state index contributed by atoms with van der Waals surface area (Å²) < 4.78 is 33.3. The summed E-state index contributed by atoms with van der Waals surface area (Å²) in [5, 5.41) is 10.0. The van der Waals surface area contributed by atoms with Crippen molar-refractivity contribution in [3.05, 3.63) is 104 Å². The third kappa shape index (κ3) is 4.37. The van der Waals surface area contributed by atoms with Crippen LogP contribution in [0, 0.1) is 18.3 Å². The number of nitrogens with zero attached hydrogens (tertiary/aromatic N) is 3. The van der Waals surface area contributed by atoms with Crippen LogP contribution in [0.5, 0.6) is 11.6 Å². The van der Waals surface area contributed by atoms with E-state index in [9.17, 15) is 18.5 Å². The van der Waals surface area contributed by atoms with Gasteiger partial charge in [0.15, 0.2) is 0 Å². The molecular formula is C24H16ClN3O4S. The number of sulfone groups is 1. The highest BCUT2D eigenvalue weighted by Gasteiger charge is 2.23. The molecule has 4 aromatic rings. The Morgan fingerprint density at radius 1 is 1.09 bits per heavy atom. The number of allylic oxidation sites excluding steroid dienone is 1. The van der Waals surface area contributed by atoms with Crippen LogP contribution in [0.4, 0.5) is 0 Å². The van der Waals surface area contributed by atoms with Crippen LogP contribution in [0.2, 0.25) is 5.02 Å². The summed E-state index contributed by atoms with van der Waals surface area (Å²) in [6, 6.07) is 19.2. The predicted molar refractivity (Wildman–Crippen MR) is 125 cm³/mol. The van der Waals surface area contributed by atoms with Crippen molar-refractivity contribution in [3.8, 4) is 17.7 Å². The van der Waals surface area contributed by atoms with E-state index in [4.69, 9.17) is 16.3 Å². The molecule has 164 valence electrons. The molecule has 0 saturated heterocycles. The van der Waals surface area contributed by atoms with Crippen LogP contribution >= 0.6 is 11.6 Å². The largest absolute Gasteiger partial charge is 0.438 e. The number of rotatable bonds is 5. The molecule has 33 heavy (non-hydrogen) atoms. The highest BCUT2D eigenvalue weighted by atomic mass is 35.5. The Morgan fingerprint density at radius 3 is 2.48 bits per heavy atom. The minimum Gasteiger partial charge on any atom is -0.438 e. The Hall–Kier alpha value is -3.93. The number of halogens is 1. The molecule has 0 amide bonds. The normalized spacial score (nSPS) is 11.8. The number of aromatic nitrogens is 2. The fraction of sp³-hybridized carbons (Fsp3) is 0.0417. The zero-order valence-electron chi connectivity index (χ0n) is 17.3. The van der Waals surface area contributed by atoms with Crippen LogP contribution in [-0.4, -0.2) is 17.8 Å².